The standard InChI is InChI=1S/C22H25NO5/c1-15-9-10-18-17(13-15)22(26,14-16(2)24)21(25)23(18)11-6-12-28-20-8-5-4-7-19(20)27-3/h4-5,7-10,13,26H,6,11-12,14H2,1-3H3/t22-/m0/s1. The van der Waals surface area contributed by atoms with Crippen molar-refractivity contribution in [2.24, 2.45) is 0 Å². The molecule has 6 nitrogen and oxygen atoms in total. The van der Waals surface area contributed by atoms with E-state index in [1.165, 1.54) is 6.92 Å². The molecule has 0 saturated heterocycles. The van der Waals surface area contributed by atoms with Gasteiger partial charge in [-0.25, -0.2) is 0 Å². The van der Waals surface area contributed by atoms with Crippen LogP contribution in [-0.2, 0) is 15.2 Å². The van der Waals surface area contributed by atoms with Gasteiger partial charge in [0.15, 0.2) is 17.1 Å². The van der Waals surface area contributed by atoms with E-state index in [4.69, 9.17) is 9.47 Å². The Bertz CT molecular complexity index is 894. The number of Topliss-reactive ketones (excluding diaryl/α,β-unsaturated/α-hetero) is 1. The van der Waals surface area contributed by atoms with E-state index in [-0.39, 0.29) is 12.2 Å². The van der Waals surface area contributed by atoms with Gasteiger partial charge in [-0.15, -0.1) is 0 Å². The van der Waals surface area contributed by atoms with Crippen LogP contribution in [0.3, 0.4) is 0 Å². The Morgan fingerprint density at radius 1 is 1.18 bits per heavy atom. The van der Waals surface area contributed by atoms with Crippen molar-refractivity contribution in [2.75, 3.05) is 25.2 Å². The molecule has 1 amide bonds. The average Bonchev–Trinajstić information content (AvgIpc) is 2.86. The minimum Gasteiger partial charge on any atom is -0.493 e. The van der Waals surface area contributed by atoms with Crippen molar-refractivity contribution < 1.29 is 24.2 Å². The number of para-hydroxylation sites is 2. The number of amides is 1. The first-order valence-corrected chi connectivity index (χ1v) is 9.27. The molecule has 0 spiro atoms. The summed E-state index contributed by atoms with van der Waals surface area (Å²) in [4.78, 5) is 26.2. The molecule has 0 aliphatic carbocycles. The summed E-state index contributed by atoms with van der Waals surface area (Å²) in [5.74, 6) is 0.600. The summed E-state index contributed by atoms with van der Waals surface area (Å²) < 4.78 is 11.0. The van der Waals surface area contributed by atoms with E-state index in [0.717, 1.165) is 5.56 Å². The number of carbonyl (C=O) groups excluding carboxylic acids is 2. The molecule has 1 N–H and O–H groups in total. The molecule has 0 unspecified atom stereocenters. The zero-order valence-corrected chi connectivity index (χ0v) is 16.4. The third kappa shape index (κ3) is 3.73. The van der Waals surface area contributed by atoms with Crippen molar-refractivity contribution in [3.63, 3.8) is 0 Å². The van der Waals surface area contributed by atoms with E-state index in [1.807, 2.05) is 43.3 Å². The van der Waals surface area contributed by atoms with Crippen LogP contribution in [0.1, 0.15) is 30.9 Å². The van der Waals surface area contributed by atoms with Gasteiger partial charge in [-0.3, -0.25) is 9.59 Å². The van der Waals surface area contributed by atoms with E-state index in [0.29, 0.717) is 42.3 Å². The maximum Gasteiger partial charge on any atom is 0.264 e. The van der Waals surface area contributed by atoms with Gasteiger partial charge in [0.2, 0.25) is 0 Å². The lowest BCUT2D eigenvalue weighted by Crippen LogP contribution is -2.42. The largest absolute Gasteiger partial charge is 0.493 e. The molecule has 6 heteroatoms. The number of hydrogen-bond acceptors (Lipinski definition) is 5. The Morgan fingerprint density at radius 3 is 2.57 bits per heavy atom. The quantitative estimate of drug-likeness (QED) is 0.709. The summed E-state index contributed by atoms with van der Waals surface area (Å²) >= 11 is 0. The number of fused-ring (bicyclic) bond motifs is 1. The van der Waals surface area contributed by atoms with Gasteiger partial charge in [0, 0.05) is 18.5 Å². The predicted molar refractivity (Wildman–Crippen MR) is 106 cm³/mol. The number of aryl methyl sites for hydroxylation is 1. The smallest absolute Gasteiger partial charge is 0.264 e. The fourth-order valence-electron chi connectivity index (χ4n) is 3.56. The van der Waals surface area contributed by atoms with Gasteiger partial charge in [0.05, 0.1) is 19.4 Å². The fourth-order valence-corrected chi connectivity index (χ4v) is 3.56. The predicted octanol–water partition coefficient (Wildman–Crippen LogP) is 2.99. The Balaban J connectivity index is 1.72. The Labute approximate surface area is 164 Å². The van der Waals surface area contributed by atoms with Crippen LogP contribution in [0.25, 0.3) is 0 Å². The first-order valence-electron chi connectivity index (χ1n) is 9.27. The molecule has 1 aliphatic heterocycles. The third-order valence-electron chi connectivity index (χ3n) is 4.84. The van der Waals surface area contributed by atoms with Gasteiger partial charge in [-0.05, 0) is 38.5 Å². The third-order valence-corrected chi connectivity index (χ3v) is 4.84. The van der Waals surface area contributed by atoms with Crippen LogP contribution in [0.2, 0.25) is 0 Å². The van der Waals surface area contributed by atoms with Crippen molar-refractivity contribution in [3.8, 4) is 11.5 Å². The molecule has 0 aromatic heterocycles. The SMILES string of the molecule is COc1ccccc1OCCCN1C(=O)[C@](O)(CC(C)=O)c2cc(C)ccc21. The highest BCUT2D eigenvalue weighted by atomic mass is 16.5. The maximum atomic E-state index is 13.0. The molecule has 0 saturated carbocycles. The second-order valence-electron chi connectivity index (χ2n) is 7.07. The van der Waals surface area contributed by atoms with E-state index in [1.54, 1.807) is 18.1 Å². The minimum atomic E-state index is -1.79. The van der Waals surface area contributed by atoms with Crippen molar-refractivity contribution >= 4 is 17.4 Å². The van der Waals surface area contributed by atoms with Crippen molar-refractivity contribution in [1.29, 1.82) is 0 Å². The van der Waals surface area contributed by atoms with Crippen molar-refractivity contribution in [2.45, 2.75) is 32.3 Å². The summed E-state index contributed by atoms with van der Waals surface area (Å²) in [7, 11) is 1.58. The van der Waals surface area contributed by atoms with Crippen LogP contribution < -0.4 is 14.4 Å². The lowest BCUT2D eigenvalue weighted by Gasteiger charge is -2.22. The van der Waals surface area contributed by atoms with Crippen LogP contribution in [-0.4, -0.2) is 37.1 Å². The van der Waals surface area contributed by atoms with Crippen LogP contribution in [0.15, 0.2) is 42.5 Å². The topological polar surface area (TPSA) is 76.1 Å². The first-order chi connectivity index (χ1) is 13.4. The van der Waals surface area contributed by atoms with E-state index in [9.17, 15) is 14.7 Å². The van der Waals surface area contributed by atoms with Gasteiger partial charge in [-0.2, -0.15) is 0 Å². The molecule has 0 radical (unpaired) electrons. The minimum absolute atomic E-state index is 0.226. The zero-order chi connectivity index (χ0) is 20.3. The highest BCUT2D eigenvalue weighted by molar-refractivity contribution is 6.08. The van der Waals surface area contributed by atoms with Crippen LogP contribution in [0.5, 0.6) is 11.5 Å². The number of rotatable bonds is 8. The molecule has 0 fully saturated rings. The second-order valence-corrected chi connectivity index (χ2v) is 7.07. The lowest BCUT2D eigenvalue weighted by molar-refractivity contribution is -0.141. The number of ketones is 1. The number of benzene rings is 2. The summed E-state index contributed by atoms with van der Waals surface area (Å²) in [6.45, 7) is 4.04. The summed E-state index contributed by atoms with van der Waals surface area (Å²) in [6, 6.07) is 12.9. The summed E-state index contributed by atoms with van der Waals surface area (Å²) in [5, 5.41) is 11.0. The van der Waals surface area contributed by atoms with Gasteiger partial charge >= 0.3 is 0 Å². The highest BCUT2D eigenvalue weighted by Crippen LogP contribution is 2.43. The molecule has 0 bridgehead atoms. The van der Waals surface area contributed by atoms with E-state index >= 15 is 0 Å². The van der Waals surface area contributed by atoms with Crippen LogP contribution in [0, 0.1) is 6.92 Å². The van der Waals surface area contributed by atoms with Gasteiger partial charge < -0.3 is 19.5 Å². The first kappa shape index (κ1) is 19.9. The number of carbonyl (C=O) groups is 2. The van der Waals surface area contributed by atoms with Crippen LogP contribution in [0.4, 0.5) is 5.69 Å². The molecular formula is C22H25NO5. The molecule has 148 valence electrons. The molecule has 1 heterocycles. The zero-order valence-electron chi connectivity index (χ0n) is 16.4. The number of ether oxygens (including phenoxy) is 2. The molecular weight excluding hydrogens is 358 g/mol. The molecule has 1 atom stereocenters. The highest BCUT2D eigenvalue weighted by Gasteiger charge is 2.50. The van der Waals surface area contributed by atoms with Gasteiger partial charge in [0.25, 0.3) is 5.91 Å². The van der Waals surface area contributed by atoms with Crippen LogP contribution >= 0.6 is 0 Å². The van der Waals surface area contributed by atoms with Gasteiger partial charge in [-0.1, -0.05) is 29.8 Å². The molecule has 28 heavy (non-hydrogen) atoms. The lowest BCUT2D eigenvalue weighted by atomic mass is 9.89. The molecule has 2 aromatic rings. The average molecular weight is 383 g/mol. The van der Waals surface area contributed by atoms with E-state index < -0.39 is 11.5 Å². The van der Waals surface area contributed by atoms with Crippen molar-refractivity contribution in [3.05, 3.63) is 53.6 Å². The Hall–Kier alpha value is -2.86. The fraction of sp³-hybridized carbons (Fsp3) is 0.364. The molecule has 1 aliphatic rings. The van der Waals surface area contributed by atoms with Crippen molar-refractivity contribution in [1.82, 2.24) is 0 Å². The number of aliphatic hydroxyl groups is 1. The molecule has 2 aromatic carbocycles. The number of nitrogens with zero attached hydrogens (tertiary/aromatic N) is 1. The van der Waals surface area contributed by atoms with Gasteiger partial charge in [0.1, 0.15) is 5.78 Å². The summed E-state index contributed by atoms with van der Waals surface area (Å²) in [5.41, 5.74) is 0.279. The van der Waals surface area contributed by atoms with E-state index in [2.05, 4.69) is 0 Å². The molecule has 3 rings (SSSR count). The number of methoxy groups -OCH3 is 1. The Kier molecular flexibility index (Phi) is 5.70. The second kappa shape index (κ2) is 8.02. The Morgan fingerprint density at radius 2 is 1.89 bits per heavy atom. The normalized spacial score (nSPS) is 18.1. The maximum absolute atomic E-state index is 13.0. The monoisotopic (exact) mass is 383 g/mol. The number of hydrogen-bond donors (Lipinski definition) is 1. The summed E-state index contributed by atoms with van der Waals surface area (Å²) in [6.07, 6.45) is 0.337. The number of anilines is 1.